The summed E-state index contributed by atoms with van der Waals surface area (Å²) in [4.78, 5) is 0. The Bertz CT molecular complexity index is 352. The molecule has 0 saturated heterocycles. The number of benzene rings is 1. The van der Waals surface area contributed by atoms with Gasteiger partial charge in [-0.2, -0.15) is 0 Å². The second-order valence-electron chi connectivity index (χ2n) is 5.44. The number of aryl methyl sites for hydroxylation is 1. The maximum absolute atomic E-state index is 10.3. The standard InChI is InChI=1S/C15H23NO/c1-12-5-7-14(8-6-12)13(2)16-11-15(17)9-3-4-10-15/h5-8,13,16-17H,3-4,9-11H2,1-2H3/t13-/m1/s1. The molecule has 1 atom stereocenters. The van der Waals surface area contributed by atoms with Crippen LogP contribution in [0, 0.1) is 6.92 Å². The van der Waals surface area contributed by atoms with Gasteiger partial charge in [-0.25, -0.2) is 0 Å². The van der Waals surface area contributed by atoms with Crippen molar-refractivity contribution in [2.75, 3.05) is 6.54 Å². The normalized spacial score (nSPS) is 20.4. The summed E-state index contributed by atoms with van der Waals surface area (Å²) in [5, 5.41) is 13.7. The van der Waals surface area contributed by atoms with Crippen LogP contribution in [0.1, 0.15) is 49.8 Å². The summed E-state index contributed by atoms with van der Waals surface area (Å²) in [5.41, 5.74) is 2.12. The van der Waals surface area contributed by atoms with Crippen molar-refractivity contribution in [3.63, 3.8) is 0 Å². The Labute approximate surface area is 104 Å². The molecule has 1 aromatic carbocycles. The van der Waals surface area contributed by atoms with E-state index in [0.717, 1.165) is 25.7 Å². The monoisotopic (exact) mass is 233 g/mol. The Morgan fingerprint density at radius 2 is 1.82 bits per heavy atom. The van der Waals surface area contributed by atoms with Gasteiger partial charge >= 0.3 is 0 Å². The van der Waals surface area contributed by atoms with Gasteiger partial charge < -0.3 is 10.4 Å². The largest absolute Gasteiger partial charge is 0.389 e. The first-order valence-electron chi connectivity index (χ1n) is 6.61. The molecule has 2 heteroatoms. The lowest BCUT2D eigenvalue weighted by Crippen LogP contribution is -2.39. The highest BCUT2D eigenvalue weighted by Crippen LogP contribution is 2.29. The third kappa shape index (κ3) is 3.30. The molecule has 0 amide bonds. The quantitative estimate of drug-likeness (QED) is 0.838. The van der Waals surface area contributed by atoms with E-state index < -0.39 is 5.60 Å². The van der Waals surface area contributed by atoms with Crippen LogP contribution in [0.2, 0.25) is 0 Å². The second kappa shape index (κ2) is 5.19. The summed E-state index contributed by atoms with van der Waals surface area (Å²) in [6.45, 7) is 4.97. The molecule has 0 aliphatic heterocycles. The maximum atomic E-state index is 10.3. The first kappa shape index (κ1) is 12.6. The first-order chi connectivity index (χ1) is 8.09. The Kier molecular flexibility index (Phi) is 3.85. The van der Waals surface area contributed by atoms with Crippen LogP contribution in [0.5, 0.6) is 0 Å². The number of nitrogens with one attached hydrogen (secondary N) is 1. The Balaban J connectivity index is 1.88. The molecule has 1 aliphatic carbocycles. The molecule has 0 heterocycles. The lowest BCUT2D eigenvalue weighted by Gasteiger charge is -2.25. The van der Waals surface area contributed by atoms with E-state index in [1.54, 1.807) is 0 Å². The van der Waals surface area contributed by atoms with Crippen LogP contribution < -0.4 is 5.32 Å². The number of rotatable bonds is 4. The van der Waals surface area contributed by atoms with Gasteiger partial charge in [-0.05, 0) is 32.3 Å². The van der Waals surface area contributed by atoms with Crippen LogP contribution >= 0.6 is 0 Å². The van der Waals surface area contributed by atoms with Crippen molar-refractivity contribution >= 4 is 0 Å². The minimum absolute atomic E-state index is 0.306. The van der Waals surface area contributed by atoms with Crippen LogP contribution in [0.3, 0.4) is 0 Å². The molecule has 0 aromatic heterocycles. The van der Waals surface area contributed by atoms with E-state index >= 15 is 0 Å². The van der Waals surface area contributed by atoms with E-state index in [0.29, 0.717) is 12.6 Å². The van der Waals surface area contributed by atoms with E-state index in [4.69, 9.17) is 0 Å². The highest BCUT2D eigenvalue weighted by molar-refractivity contribution is 5.23. The smallest absolute Gasteiger partial charge is 0.0771 e. The molecule has 1 saturated carbocycles. The van der Waals surface area contributed by atoms with E-state index in [9.17, 15) is 5.11 Å². The van der Waals surface area contributed by atoms with E-state index in [2.05, 4.69) is 43.4 Å². The van der Waals surface area contributed by atoms with Gasteiger partial charge in [-0.3, -0.25) is 0 Å². The van der Waals surface area contributed by atoms with Crippen LogP contribution in [0.15, 0.2) is 24.3 Å². The predicted molar refractivity (Wildman–Crippen MR) is 71.0 cm³/mol. The fourth-order valence-corrected chi connectivity index (χ4v) is 2.53. The lowest BCUT2D eigenvalue weighted by molar-refractivity contribution is 0.0453. The third-order valence-corrected chi connectivity index (χ3v) is 3.85. The third-order valence-electron chi connectivity index (χ3n) is 3.85. The van der Waals surface area contributed by atoms with Crippen molar-refractivity contribution in [1.82, 2.24) is 5.32 Å². The molecule has 0 spiro atoms. The van der Waals surface area contributed by atoms with Gasteiger partial charge in [-0.15, -0.1) is 0 Å². The highest BCUT2D eigenvalue weighted by Gasteiger charge is 2.30. The van der Waals surface area contributed by atoms with Crippen molar-refractivity contribution in [3.05, 3.63) is 35.4 Å². The molecule has 94 valence electrons. The fourth-order valence-electron chi connectivity index (χ4n) is 2.53. The molecule has 2 N–H and O–H groups in total. The summed E-state index contributed by atoms with van der Waals surface area (Å²) in [6, 6.07) is 8.90. The van der Waals surface area contributed by atoms with Gasteiger partial charge in [0.2, 0.25) is 0 Å². The van der Waals surface area contributed by atoms with Gasteiger partial charge in [0, 0.05) is 12.6 Å². The molecule has 17 heavy (non-hydrogen) atoms. The zero-order valence-electron chi connectivity index (χ0n) is 10.9. The SMILES string of the molecule is Cc1ccc([C@@H](C)NCC2(O)CCCC2)cc1. The van der Waals surface area contributed by atoms with E-state index in [-0.39, 0.29) is 0 Å². The summed E-state index contributed by atoms with van der Waals surface area (Å²) < 4.78 is 0. The van der Waals surface area contributed by atoms with Gasteiger partial charge in [-0.1, -0.05) is 42.7 Å². The van der Waals surface area contributed by atoms with E-state index in [1.807, 2.05) is 0 Å². The summed E-state index contributed by atoms with van der Waals surface area (Å²) in [5.74, 6) is 0. The Hall–Kier alpha value is -0.860. The zero-order chi connectivity index (χ0) is 12.3. The number of hydrogen-bond donors (Lipinski definition) is 2. The van der Waals surface area contributed by atoms with Crippen LogP contribution in [-0.2, 0) is 0 Å². The van der Waals surface area contributed by atoms with Crippen molar-refractivity contribution in [3.8, 4) is 0 Å². The van der Waals surface area contributed by atoms with Gasteiger partial charge in [0.1, 0.15) is 0 Å². The van der Waals surface area contributed by atoms with Crippen molar-refractivity contribution in [2.24, 2.45) is 0 Å². The summed E-state index contributed by atoms with van der Waals surface area (Å²) in [6.07, 6.45) is 4.22. The second-order valence-corrected chi connectivity index (χ2v) is 5.44. The molecule has 2 nitrogen and oxygen atoms in total. The molecule has 1 fully saturated rings. The summed E-state index contributed by atoms with van der Waals surface area (Å²) in [7, 11) is 0. The van der Waals surface area contributed by atoms with Crippen molar-refractivity contribution in [1.29, 1.82) is 0 Å². The first-order valence-corrected chi connectivity index (χ1v) is 6.61. The summed E-state index contributed by atoms with van der Waals surface area (Å²) >= 11 is 0. The van der Waals surface area contributed by atoms with Crippen molar-refractivity contribution < 1.29 is 5.11 Å². The molecular weight excluding hydrogens is 210 g/mol. The molecule has 0 radical (unpaired) electrons. The average molecular weight is 233 g/mol. The molecule has 0 bridgehead atoms. The zero-order valence-corrected chi connectivity index (χ0v) is 10.9. The topological polar surface area (TPSA) is 32.3 Å². The molecule has 1 aromatic rings. The molecular formula is C15H23NO. The van der Waals surface area contributed by atoms with Crippen LogP contribution in [0.25, 0.3) is 0 Å². The number of aliphatic hydroxyl groups is 1. The molecule has 0 unspecified atom stereocenters. The van der Waals surface area contributed by atoms with Gasteiger partial charge in [0.15, 0.2) is 0 Å². The predicted octanol–water partition coefficient (Wildman–Crippen LogP) is 2.95. The maximum Gasteiger partial charge on any atom is 0.0771 e. The van der Waals surface area contributed by atoms with Gasteiger partial charge in [0.05, 0.1) is 5.60 Å². The molecule has 2 rings (SSSR count). The van der Waals surface area contributed by atoms with Crippen LogP contribution in [-0.4, -0.2) is 17.3 Å². The highest BCUT2D eigenvalue weighted by atomic mass is 16.3. The van der Waals surface area contributed by atoms with E-state index in [1.165, 1.54) is 11.1 Å². The minimum atomic E-state index is -0.459. The Morgan fingerprint density at radius 1 is 1.24 bits per heavy atom. The van der Waals surface area contributed by atoms with Gasteiger partial charge in [0.25, 0.3) is 0 Å². The minimum Gasteiger partial charge on any atom is -0.389 e. The Morgan fingerprint density at radius 3 is 2.41 bits per heavy atom. The number of hydrogen-bond acceptors (Lipinski definition) is 2. The van der Waals surface area contributed by atoms with Crippen LogP contribution in [0.4, 0.5) is 0 Å². The van der Waals surface area contributed by atoms with Crippen molar-refractivity contribution in [2.45, 2.75) is 51.2 Å². The molecule has 1 aliphatic rings. The lowest BCUT2D eigenvalue weighted by atomic mass is 10.0. The fraction of sp³-hybridized carbons (Fsp3) is 0.600. The average Bonchev–Trinajstić information content (AvgIpc) is 2.75.